The van der Waals surface area contributed by atoms with E-state index in [1.165, 1.54) is 0 Å². The third kappa shape index (κ3) is 2.57. The van der Waals surface area contributed by atoms with Gasteiger partial charge < -0.3 is 15.8 Å². The molecule has 0 fully saturated rings. The maximum Gasteiger partial charge on any atom is 0.265 e. The van der Waals surface area contributed by atoms with Gasteiger partial charge in [-0.15, -0.1) is 0 Å². The monoisotopic (exact) mass is 282 g/mol. The lowest BCUT2D eigenvalue weighted by molar-refractivity contribution is -0.122. The van der Waals surface area contributed by atoms with Crippen molar-refractivity contribution in [3.8, 4) is 5.75 Å². The molecule has 0 radical (unpaired) electrons. The Hall–Kier alpha value is -2.49. The zero-order valence-corrected chi connectivity index (χ0v) is 12.1. The van der Waals surface area contributed by atoms with Crippen LogP contribution in [0.5, 0.6) is 5.75 Å². The lowest BCUT2D eigenvalue weighted by atomic mass is 10.1. The van der Waals surface area contributed by atoms with Gasteiger partial charge in [0.15, 0.2) is 6.10 Å². The van der Waals surface area contributed by atoms with Gasteiger partial charge in [-0.1, -0.05) is 18.2 Å². The number of benzene rings is 2. The normalized spacial score (nSPS) is 16.2. The summed E-state index contributed by atoms with van der Waals surface area (Å²) in [6.07, 6.45) is 0.133. The van der Waals surface area contributed by atoms with Gasteiger partial charge in [-0.05, 0) is 48.7 Å². The highest BCUT2D eigenvalue weighted by Crippen LogP contribution is 2.29. The molecule has 0 spiro atoms. The molecule has 21 heavy (non-hydrogen) atoms. The van der Waals surface area contributed by atoms with Crippen LogP contribution >= 0.6 is 0 Å². The number of nitrogens with one attached hydrogen (secondary N) is 1. The summed E-state index contributed by atoms with van der Waals surface area (Å²) in [6, 6.07) is 11.5. The second-order valence-electron chi connectivity index (χ2n) is 5.44. The lowest BCUT2D eigenvalue weighted by Crippen LogP contribution is -2.32. The molecule has 1 aliphatic heterocycles. The number of anilines is 2. The van der Waals surface area contributed by atoms with Crippen molar-refractivity contribution in [2.24, 2.45) is 0 Å². The van der Waals surface area contributed by atoms with Crippen LogP contribution < -0.4 is 15.8 Å². The summed E-state index contributed by atoms with van der Waals surface area (Å²) in [5, 5.41) is 2.96. The first-order chi connectivity index (χ1) is 10.0. The average molecular weight is 282 g/mol. The van der Waals surface area contributed by atoms with E-state index in [0.717, 1.165) is 28.1 Å². The number of para-hydroxylation sites is 1. The maximum atomic E-state index is 12.4. The number of nitrogens with two attached hydrogens (primary N) is 1. The summed E-state index contributed by atoms with van der Waals surface area (Å²) in [4.78, 5) is 12.4. The Morgan fingerprint density at radius 1 is 1.24 bits per heavy atom. The van der Waals surface area contributed by atoms with Gasteiger partial charge >= 0.3 is 0 Å². The first kappa shape index (κ1) is 13.5. The number of fused-ring (bicyclic) bond motifs is 1. The van der Waals surface area contributed by atoms with Crippen LogP contribution in [0.2, 0.25) is 0 Å². The molecule has 0 saturated carbocycles. The number of aryl methyl sites for hydroxylation is 2. The van der Waals surface area contributed by atoms with Crippen LogP contribution in [0.15, 0.2) is 36.4 Å². The number of carbonyl (C=O) groups is 1. The lowest BCUT2D eigenvalue weighted by Gasteiger charge is -2.15. The van der Waals surface area contributed by atoms with Gasteiger partial charge in [-0.3, -0.25) is 4.79 Å². The molecule has 0 aromatic heterocycles. The van der Waals surface area contributed by atoms with Gasteiger partial charge in [-0.2, -0.15) is 0 Å². The van der Waals surface area contributed by atoms with Crippen molar-refractivity contribution < 1.29 is 9.53 Å². The Kier molecular flexibility index (Phi) is 3.29. The SMILES string of the molecule is Cc1cc(N)cc(C)c1NC(=O)C1Cc2ccccc2O1. The third-order valence-corrected chi connectivity index (χ3v) is 3.74. The Bertz CT molecular complexity index is 662. The van der Waals surface area contributed by atoms with Crippen molar-refractivity contribution in [2.45, 2.75) is 26.4 Å². The van der Waals surface area contributed by atoms with Crippen LogP contribution in [0.25, 0.3) is 0 Å². The highest BCUT2D eigenvalue weighted by atomic mass is 16.5. The van der Waals surface area contributed by atoms with E-state index in [0.29, 0.717) is 12.1 Å². The van der Waals surface area contributed by atoms with Gasteiger partial charge in [0, 0.05) is 17.8 Å². The van der Waals surface area contributed by atoms with Gasteiger partial charge in [-0.25, -0.2) is 0 Å². The topological polar surface area (TPSA) is 64.3 Å². The van der Waals surface area contributed by atoms with Crippen molar-refractivity contribution in [3.63, 3.8) is 0 Å². The van der Waals surface area contributed by atoms with Crippen molar-refractivity contribution in [1.82, 2.24) is 0 Å². The van der Waals surface area contributed by atoms with E-state index in [2.05, 4.69) is 5.32 Å². The first-order valence-electron chi connectivity index (χ1n) is 6.97. The molecule has 0 bridgehead atoms. The van der Waals surface area contributed by atoms with Gasteiger partial charge in [0.05, 0.1) is 0 Å². The molecule has 4 heteroatoms. The summed E-state index contributed by atoms with van der Waals surface area (Å²) >= 11 is 0. The summed E-state index contributed by atoms with van der Waals surface area (Å²) in [7, 11) is 0. The van der Waals surface area contributed by atoms with Crippen molar-refractivity contribution >= 4 is 17.3 Å². The fourth-order valence-electron chi connectivity index (χ4n) is 2.73. The minimum absolute atomic E-state index is 0.123. The smallest absolute Gasteiger partial charge is 0.265 e. The minimum Gasteiger partial charge on any atom is -0.480 e. The molecule has 1 aliphatic rings. The van der Waals surface area contributed by atoms with Crippen LogP contribution in [0, 0.1) is 13.8 Å². The number of hydrogen-bond acceptors (Lipinski definition) is 3. The molecular formula is C17H18N2O2. The second kappa shape index (κ2) is 5.13. The molecule has 1 atom stereocenters. The van der Waals surface area contributed by atoms with E-state index < -0.39 is 6.10 Å². The van der Waals surface area contributed by atoms with E-state index in [1.54, 1.807) is 0 Å². The van der Waals surface area contributed by atoms with Gasteiger partial charge in [0.25, 0.3) is 5.91 Å². The fraction of sp³-hybridized carbons (Fsp3) is 0.235. The third-order valence-electron chi connectivity index (χ3n) is 3.74. The molecule has 1 unspecified atom stereocenters. The molecule has 2 aromatic carbocycles. The van der Waals surface area contributed by atoms with E-state index >= 15 is 0 Å². The van der Waals surface area contributed by atoms with Crippen LogP contribution in [-0.4, -0.2) is 12.0 Å². The number of hydrogen-bond donors (Lipinski definition) is 2. The maximum absolute atomic E-state index is 12.4. The number of nitrogen functional groups attached to an aromatic ring is 1. The van der Waals surface area contributed by atoms with E-state index in [9.17, 15) is 4.79 Å². The Morgan fingerprint density at radius 2 is 1.90 bits per heavy atom. The van der Waals surface area contributed by atoms with Crippen LogP contribution in [0.3, 0.4) is 0 Å². The number of ether oxygens (including phenoxy) is 1. The van der Waals surface area contributed by atoms with E-state index in [1.807, 2.05) is 50.2 Å². The highest BCUT2D eigenvalue weighted by Gasteiger charge is 2.29. The predicted molar refractivity (Wildman–Crippen MR) is 83.5 cm³/mol. The van der Waals surface area contributed by atoms with Crippen molar-refractivity contribution in [1.29, 1.82) is 0 Å². The van der Waals surface area contributed by atoms with Crippen LogP contribution in [0.4, 0.5) is 11.4 Å². The molecule has 0 aliphatic carbocycles. The van der Waals surface area contributed by atoms with Crippen molar-refractivity contribution in [2.75, 3.05) is 11.1 Å². The summed E-state index contributed by atoms with van der Waals surface area (Å²) in [5.74, 6) is 0.672. The minimum atomic E-state index is -0.473. The molecule has 3 N–H and O–H groups in total. The molecule has 2 aromatic rings. The predicted octanol–water partition coefficient (Wildman–Crippen LogP) is 2.83. The van der Waals surface area contributed by atoms with E-state index in [4.69, 9.17) is 10.5 Å². The molecule has 108 valence electrons. The highest BCUT2D eigenvalue weighted by molar-refractivity contribution is 5.96. The Balaban J connectivity index is 1.77. The quantitative estimate of drug-likeness (QED) is 0.832. The Morgan fingerprint density at radius 3 is 2.57 bits per heavy atom. The number of carbonyl (C=O) groups excluding carboxylic acids is 1. The zero-order valence-electron chi connectivity index (χ0n) is 12.1. The Labute approximate surface area is 123 Å². The van der Waals surface area contributed by atoms with Gasteiger partial charge in [0.1, 0.15) is 5.75 Å². The molecule has 1 heterocycles. The number of amides is 1. The van der Waals surface area contributed by atoms with E-state index in [-0.39, 0.29) is 5.91 Å². The molecule has 1 amide bonds. The fourth-order valence-corrected chi connectivity index (χ4v) is 2.73. The largest absolute Gasteiger partial charge is 0.480 e. The molecule has 3 rings (SSSR count). The number of rotatable bonds is 2. The van der Waals surface area contributed by atoms with Crippen molar-refractivity contribution in [3.05, 3.63) is 53.1 Å². The summed E-state index contributed by atoms with van der Waals surface area (Å²) in [5.41, 5.74) is 10.3. The van der Waals surface area contributed by atoms with Gasteiger partial charge in [0.2, 0.25) is 0 Å². The zero-order chi connectivity index (χ0) is 15.0. The first-order valence-corrected chi connectivity index (χ1v) is 6.97. The molecule has 4 nitrogen and oxygen atoms in total. The van der Waals surface area contributed by atoms with Crippen LogP contribution in [-0.2, 0) is 11.2 Å². The summed E-state index contributed by atoms with van der Waals surface area (Å²) in [6.45, 7) is 3.87. The van der Waals surface area contributed by atoms with Crippen LogP contribution in [0.1, 0.15) is 16.7 Å². The molecule has 0 saturated heterocycles. The summed E-state index contributed by atoms with van der Waals surface area (Å²) < 4.78 is 5.71. The second-order valence-corrected chi connectivity index (χ2v) is 5.44. The molecular weight excluding hydrogens is 264 g/mol. The standard InChI is InChI=1S/C17H18N2O2/c1-10-7-13(18)8-11(2)16(10)19-17(20)15-9-12-5-3-4-6-14(12)21-15/h3-8,15H,9,18H2,1-2H3,(H,19,20). The average Bonchev–Trinajstić information content (AvgIpc) is 2.86.